The number of nitrogens with one attached hydrogen (secondary N) is 1. The Morgan fingerprint density at radius 1 is 1.35 bits per heavy atom. The third-order valence-corrected chi connectivity index (χ3v) is 4.55. The van der Waals surface area contributed by atoms with Gasteiger partial charge in [0.05, 0.1) is 0 Å². The van der Waals surface area contributed by atoms with Crippen LogP contribution in [0.3, 0.4) is 0 Å². The maximum atomic E-state index is 9.68. The second-order valence-electron chi connectivity index (χ2n) is 4.51. The van der Waals surface area contributed by atoms with Crippen molar-refractivity contribution in [2.24, 2.45) is 0 Å². The number of thioether (sulfide) groups is 1. The molecular formula is C13H19NO2S. The molecule has 17 heavy (non-hydrogen) atoms. The van der Waals surface area contributed by atoms with Crippen LogP contribution in [0.2, 0.25) is 0 Å². The molecule has 1 aliphatic rings. The SMILES string of the molecule is CSC1CCCC1NCc1ccc(O)cc1O. The Labute approximate surface area is 106 Å². The van der Waals surface area contributed by atoms with Crippen LogP contribution in [-0.2, 0) is 6.54 Å². The van der Waals surface area contributed by atoms with E-state index in [1.807, 2.05) is 11.8 Å². The number of hydrogen-bond acceptors (Lipinski definition) is 4. The van der Waals surface area contributed by atoms with Crippen LogP contribution in [0.5, 0.6) is 11.5 Å². The van der Waals surface area contributed by atoms with Gasteiger partial charge in [-0.1, -0.05) is 12.5 Å². The van der Waals surface area contributed by atoms with E-state index in [0.717, 1.165) is 5.56 Å². The Balaban J connectivity index is 1.93. The summed E-state index contributed by atoms with van der Waals surface area (Å²) in [5.41, 5.74) is 0.842. The van der Waals surface area contributed by atoms with Crippen LogP contribution in [0.25, 0.3) is 0 Å². The van der Waals surface area contributed by atoms with Gasteiger partial charge >= 0.3 is 0 Å². The average Bonchev–Trinajstić information content (AvgIpc) is 2.75. The first kappa shape index (κ1) is 12.6. The molecule has 0 heterocycles. The molecular weight excluding hydrogens is 234 g/mol. The zero-order valence-electron chi connectivity index (χ0n) is 10.0. The topological polar surface area (TPSA) is 52.5 Å². The summed E-state index contributed by atoms with van der Waals surface area (Å²) in [7, 11) is 0. The van der Waals surface area contributed by atoms with Crippen molar-refractivity contribution in [3.05, 3.63) is 23.8 Å². The summed E-state index contributed by atoms with van der Waals surface area (Å²) in [4.78, 5) is 0. The summed E-state index contributed by atoms with van der Waals surface area (Å²) < 4.78 is 0. The van der Waals surface area contributed by atoms with Gasteiger partial charge in [0.15, 0.2) is 0 Å². The lowest BCUT2D eigenvalue weighted by Gasteiger charge is -2.19. The van der Waals surface area contributed by atoms with Crippen molar-refractivity contribution in [1.29, 1.82) is 0 Å². The number of phenolic OH excluding ortho intramolecular Hbond substituents is 2. The minimum Gasteiger partial charge on any atom is -0.508 e. The van der Waals surface area contributed by atoms with Crippen molar-refractivity contribution in [2.45, 2.75) is 37.1 Å². The first-order chi connectivity index (χ1) is 8.20. The maximum absolute atomic E-state index is 9.68. The molecule has 1 saturated carbocycles. The van der Waals surface area contributed by atoms with Gasteiger partial charge < -0.3 is 15.5 Å². The monoisotopic (exact) mass is 253 g/mol. The molecule has 1 fully saturated rings. The molecule has 0 amide bonds. The zero-order chi connectivity index (χ0) is 12.3. The largest absolute Gasteiger partial charge is 0.508 e. The molecule has 0 radical (unpaired) electrons. The van der Waals surface area contributed by atoms with Crippen LogP contribution in [0.1, 0.15) is 24.8 Å². The summed E-state index contributed by atoms with van der Waals surface area (Å²) in [6.07, 6.45) is 5.93. The third kappa shape index (κ3) is 3.07. The van der Waals surface area contributed by atoms with Crippen molar-refractivity contribution < 1.29 is 10.2 Å². The number of hydrogen-bond donors (Lipinski definition) is 3. The molecule has 1 aromatic carbocycles. The first-order valence-corrected chi connectivity index (χ1v) is 7.26. The quantitative estimate of drug-likeness (QED) is 0.771. The number of rotatable bonds is 4. The van der Waals surface area contributed by atoms with E-state index in [1.165, 1.54) is 25.3 Å². The highest BCUT2D eigenvalue weighted by atomic mass is 32.2. The summed E-state index contributed by atoms with van der Waals surface area (Å²) in [6.45, 7) is 0.661. The molecule has 2 atom stereocenters. The number of phenols is 2. The van der Waals surface area contributed by atoms with Crippen LogP contribution in [0, 0.1) is 0 Å². The molecule has 0 spiro atoms. The lowest BCUT2D eigenvalue weighted by molar-refractivity contribution is 0.440. The predicted molar refractivity (Wildman–Crippen MR) is 71.6 cm³/mol. The van der Waals surface area contributed by atoms with E-state index in [0.29, 0.717) is 17.8 Å². The van der Waals surface area contributed by atoms with Gasteiger partial charge in [-0.25, -0.2) is 0 Å². The predicted octanol–water partition coefficient (Wildman–Crippen LogP) is 2.47. The minimum absolute atomic E-state index is 0.106. The molecule has 2 unspecified atom stereocenters. The standard InChI is InChI=1S/C13H19NO2S/c1-17-13-4-2-3-11(13)14-8-9-5-6-10(15)7-12(9)16/h5-7,11,13-16H,2-4,8H2,1H3. The van der Waals surface area contributed by atoms with Gasteiger partial charge in [0.2, 0.25) is 0 Å². The van der Waals surface area contributed by atoms with Gasteiger partial charge in [-0.2, -0.15) is 11.8 Å². The normalized spacial score (nSPS) is 24.1. The highest BCUT2D eigenvalue weighted by Crippen LogP contribution is 2.29. The fourth-order valence-corrected chi connectivity index (χ4v) is 3.35. The van der Waals surface area contributed by atoms with Gasteiger partial charge in [-0.3, -0.25) is 0 Å². The fraction of sp³-hybridized carbons (Fsp3) is 0.538. The Bertz CT molecular complexity index is 384. The van der Waals surface area contributed by atoms with Gasteiger partial charge in [0, 0.05) is 29.5 Å². The molecule has 1 aliphatic carbocycles. The highest BCUT2D eigenvalue weighted by molar-refractivity contribution is 7.99. The van der Waals surface area contributed by atoms with E-state index in [1.54, 1.807) is 12.1 Å². The van der Waals surface area contributed by atoms with Crippen molar-refractivity contribution in [2.75, 3.05) is 6.26 Å². The fourth-order valence-electron chi connectivity index (χ4n) is 2.38. The van der Waals surface area contributed by atoms with E-state index in [-0.39, 0.29) is 11.5 Å². The summed E-state index contributed by atoms with van der Waals surface area (Å²) >= 11 is 1.92. The highest BCUT2D eigenvalue weighted by Gasteiger charge is 2.25. The molecule has 1 aromatic rings. The molecule has 94 valence electrons. The van der Waals surface area contributed by atoms with Crippen LogP contribution >= 0.6 is 11.8 Å². The van der Waals surface area contributed by atoms with Crippen LogP contribution in [0.4, 0.5) is 0 Å². The van der Waals surface area contributed by atoms with Gasteiger partial charge in [-0.05, 0) is 25.2 Å². The van der Waals surface area contributed by atoms with Crippen LogP contribution < -0.4 is 5.32 Å². The Morgan fingerprint density at radius 2 is 2.18 bits per heavy atom. The Kier molecular flexibility index (Phi) is 4.18. The molecule has 0 bridgehead atoms. The minimum atomic E-state index is 0.106. The van der Waals surface area contributed by atoms with Gasteiger partial charge in [-0.15, -0.1) is 0 Å². The zero-order valence-corrected chi connectivity index (χ0v) is 10.8. The number of aromatic hydroxyl groups is 2. The molecule has 3 nitrogen and oxygen atoms in total. The number of benzene rings is 1. The van der Waals surface area contributed by atoms with Crippen molar-refractivity contribution in [1.82, 2.24) is 5.32 Å². The van der Waals surface area contributed by atoms with Gasteiger partial charge in [0.25, 0.3) is 0 Å². The molecule has 4 heteroatoms. The molecule has 0 aliphatic heterocycles. The van der Waals surface area contributed by atoms with Gasteiger partial charge in [0.1, 0.15) is 11.5 Å². The van der Waals surface area contributed by atoms with Crippen molar-refractivity contribution >= 4 is 11.8 Å². The molecule has 2 rings (SSSR count). The molecule has 0 aromatic heterocycles. The van der Waals surface area contributed by atoms with Crippen molar-refractivity contribution in [3.63, 3.8) is 0 Å². The average molecular weight is 253 g/mol. The second-order valence-corrected chi connectivity index (χ2v) is 5.58. The van der Waals surface area contributed by atoms with E-state index in [9.17, 15) is 10.2 Å². The van der Waals surface area contributed by atoms with E-state index in [2.05, 4.69) is 11.6 Å². The van der Waals surface area contributed by atoms with E-state index in [4.69, 9.17) is 0 Å². The second kappa shape index (κ2) is 5.65. The first-order valence-electron chi connectivity index (χ1n) is 5.97. The van der Waals surface area contributed by atoms with Crippen LogP contribution in [0.15, 0.2) is 18.2 Å². The Morgan fingerprint density at radius 3 is 2.88 bits per heavy atom. The smallest absolute Gasteiger partial charge is 0.123 e. The van der Waals surface area contributed by atoms with Crippen LogP contribution in [-0.4, -0.2) is 27.8 Å². The summed E-state index contributed by atoms with van der Waals surface area (Å²) in [6, 6.07) is 5.30. The molecule has 3 N–H and O–H groups in total. The third-order valence-electron chi connectivity index (χ3n) is 3.38. The lowest BCUT2D eigenvalue weighted by atomic mass is 10.1. The Hall–Kier alpha value is -0.870. The van der Waals surface area contributed by atoms with E-state index < -0.39 is 0 Å². The van der Waals surface area contributed by atoms with E-state index >= 15 is 0 Å². The lowest BCUT2D eigenvalue weighted by Crippen LogP contribution is -2.33. The summed E-state index contributed by atoms with van der Waals surface area (Å²) in [5, 5.41) is 23.1. The maximum Gasteiger partial charge on any atom is 0.123 e. The summed E-state index contributed by atoms with van der Waals surface area (Å²) in [5.74, 6) is 0.269. The molecule has 0 saturated heterocycles. The van der Waals surface area contributed by atoms with Crippen molar-refractivity contribution in [3.8, 4) is 11.5 Å².